The minimum atomic E-state index is -1.14. The molecule has 3 rings (SSSR count). The summed E-state index contributed by atoms with van der Waals surface area (Å²) in [5, 5.41) is 26.2. The summed E-state index contributed by atoms with van der Waals surface area (Å²) in [4.78, 5) is 13.3. The van der Waals surface area contributed by atoms with Crippen LogP contribution in [0.15, 0.2) is 47.6 Å². The van der Waals surface area contributed by atoms with E-state index in [-0.39, 0.29) is 70.9 Å². The maximum absolute atomic E-state index is 11.5. The quantitative estimate of drug-likeness (QED) is 0.221. The Kier molecular flexibility index (Phi) is 10.7. The van der Waals surface area contributed by atoms with E-state index in [2.05, 4.69) is 20.8 Å². The molecule has 0 saturated carbocycles. The molecule has 1 aromatic heterocycles. The van der Waals surface area contributed by atoms with Crippen molar-refractivity contribution in [1.29, 1.82) is 0 Å². The molecule has 146 valence electrons. The largest absolute Gasteiger partial charge is 1.00 e. The van der Waals surface area contributed by atoms with Gasteiger partial charge in [0.1, 0.15) is 0 Å². The monoisotopic (exact) mass is 442 g/mol. The van der Waals surface area contributed by atoms with Gasteiger partial charge in [0.25, 0.3) is 0 Å². The van der Waals surface area contributed by atoms with E-state index in [4.69, 9.17) is 12.6 Å². The number of carbonyl (C=O) groups is 1. The van der Waals surface area contributed by atoms with E-state index in [1.807, 2.05) is 56.3 Å². The number of aliphatic carboxylic acids is 1. The molecular formula is C19H20N6Na2O2S. The number of nitrogens with zero attached hydrogens (tertiary/aromatic N) is 5. The maximum atomic E-state index is 11.5. The molecule has 0 spiro atoms. The zero-order chi connectivity index (χ0) is 20.3. The summed E-state index contributed by atoms with van der Waals surface area (Å²) < 4.78 is 1.45. The number of aromatic nitrogens is 4. The first-order chi connectivity index (χ1) is 13.4. The van der Waals surface area contributed by atoms with E-state index in [1.54, 1.807) is 11.8 Å². The molecule has 0 radical (unpaired) electrons. The number of benzene rings is 2. The van der Waals surface area contributed by atoms with E-state index in [1.165, 1.54) is 4.68 Å². The predicted octanol–water partition coefficient (Wildman–Crippen LogP) is -4.79. The molecule has 8 nitrogen and oxygen atoms in total. The Morgan fingerprint density at radius 1 is 1.23 bits per heavy atom. The Balaban J connectivity index is 0.00000225. The van der Waals surface area contributed by atoms with Crippen molar-refractivity contribution >= 4 is 30.0 Å². The van der Waals surface area contributed by atoms with Gasteiger partial charge in [-0.2, -0.15) is 0 Å². The molecule has 0 aliphatic heterocycles. The fraction of sp³-hybridized carbons (Fsp3) is 0.263. The van der Waals surface area contributed by atoms with Gasteiger partial charge in [-0.15, -0.1) is 5.10 Å². The summed E-state index contributed by atoms with van der Waals surface area (Å²) in [7, 11) is 0. The van der Waals surface area contributed by atoms with Crippen molar-refractivity contribution in [1.82, 2.24) is 20.2 Å². The molecule has 11 heteroatoms. The molecule has 0 amide bonds. The topological polar surface area (TPSA) is 99.0 Å². The molecule has 1 unspecified atom stereocenters. The SMILES string of the molecule is Cc1ccc(N(CNc2cccc(-n3nnnc3[S-])c2)C(C)C(=O)[O-])c(C)c1.[Na+].[Na+]. The summed E-state index contributed by atoms with van der Waals surface area (Å²) in [6.07, 6.45) is 0. The van der Waals surface area contributed by atoms with Gasteiger partial charge >= 0.3 is 59.1 Å². The number of carboxylic acids is 1. The van der Waals surface area contributed by atoms with Crippen LogP contribution in [-0.2, 0) is 17.4 Å². The summed E-state index contributed by atoms with van der Waals surface area (Å²) in [5.41, 5.74) is 4.44. The van der Waals surface area contributed by atoms with Crippen LogP contribution in [0.5, 0.6) is 0 Å². The van der Waals surface area contributed by atoms with E-state index < -0.39 is 12.0 Å². The second-order valence-electron chi connectivity index (χ2n) is 6.51. The van der Waals surface area contributed by atoms with Crippen LogP contribution in [0.1, 0.15) is 18.1 Å². The average molecular weight is 442 g/mol. The van der Waals surface area contributed by atoms with Crippen LogP contribution in [0, 0.1) is 13.8 Å². The molecular weight excluding hydrogens is 422 g/mol. The molecule has 1 heterocycles. The van der Waals surface area contributed by atoms with Gasteiger partial charge in [-0.05, 0) is 61.0 Å². The molecule has 0 fully saturated rings. The van der Waals surface area contributed by atoms with Crippen LogP contribution in [0.3, 0.4) is 0 Å². The Morgan fingerprint density at radius 3 is 2.57 bits per heavy atom. The van der Waals surface area contributed by atoms with Gasteiger partial charge in [-0.3, -0.25) is 0 Å². The summed E-state index contributed by atoms with van der Waals surface area (Å²) >= 11 is 5.09. The fourth-order valence-corrected chi connectivity index (χ4v) is 3.13. The first kappa shape index (κ1) is 26.8. The van der Waals surface area contributed by atoms with Crippen LogP contribution < -0.4 is 74.4 Å². The first-order valence-corrected chi connectivity index (χ1v) is 9.12. The second kappa shape index (κ2) is 12.0. The zero-order valence-electron chi connectivity index (χ0n) is 17.8. The van der Waals surface area contributed by atoms with Crippen molar-refractivity contribution < 1.29 is 69.0 Å². The van der Waals surface area contributed by atoms with Gasteiger partial charge in [0.15, 0.2) is 0 Å². The van der Waals surface area contributed by atoms with E-state index >= 15 is 0 Å². The van der Waals surface area contributed by atoms with Crippen molar-refractivity contribution in [3.8, 4) is 5.69 Å². The molecule has 0 saturated heterocycles. The second-order valence-corrected chi connectivity index (χ2v) is 6.88. The van der Waals surface area contributed by atoms with E-state index in [0.29, 0.717) is 5.69 Å². The van der Waals surface area contributed by atoms with Crippen molar-refractivity contribution in [2.24, 2.45) is 0 Å². The van der Waals surface area contributed by atoms with Crippen LogP contribution in [-0.4, -0.2) is 38.9 Å². The molecule has 3 aromatic rings. The summed E-state index contributed by atoms with van der Waals surface area (Å²) in [6, 6.07) is 12.5. The van der Waals surface area contributed by atoms with Crippen LogP contribution in [0.2, 0.25) is 0 Å². The van der Waals surface area contributed by atoms with Gasteiger partial charge in [0.2, 0.25) is 0 Å². The fourth-order valence-electron chi connectivity index (χ4n) is 2.95. The van der Waals surface area contributed by atoms with Gasteiger partial charge in [-0.25, -0.2) is 4.68 Å². The standard InChI is InChI=1S/C19H22N6O2S.2Na/c1-12-7-8-17(13(2)9-12)24(14(3)18(26)27)11-20-15-5-4-6-16(10-15)25-19(28)21-22-23-25;;/h4-10,14,20H,11H2,1-3H3,(H,26,27)(H,21,23,28);;/q;2*+1/p-2. The third-order valence-electron chi connectivity index (χ3n) is 4.46. The molecule has 0 aliphatic carbocycles. The van der Waals surface area contributed by atoms with Gasteiger partial charge in [0.05, 0.1) is 24.4 Å². The smallest absolute Gasteiger partial charge is 0.738 e. The number of aryl methyl sites for hydroxylation is 2. The van der Waals surface area contributed by atoms with Crippen molar-refractivity contribution in [2.45, 2.75) is 32.0 Å². The molecule has 0 bridgehead atoms. The van der Waals surface area contributed by atoms with Crippen LogP contribution >= 0.6 is 0 Å². The Morgan fingerprint density at radius 2 is 1.97 bits per heavy atom. The number of carboxylic acid groups (broad SMARTS) is 1. The Bertz CT molecular complexity index is 1000. The predicted molar refractivity (Wildman–Crippen MR) is 106 cm³/mol. The molecule has 2 aromatic carbocycles. The van der Waals surface area contributed by atoms with Crippen molar-refractivity contribution in [3.63, 3.8) is 0 Å². The van der Waals surface area contributed by atoms with Gasteiger partial charge in [-0.1, -0.05) is 23.8 Å². The number of rotatable bonds is 7. The number of carbonyl (C=O) groups excluding carboxylic acids is 1. The minimum absolute atomic E-state index is 0. The number of nitrogens with one attached hydrogen (secondary N) is 1. The minimum Gasteiger partial charge on any atom is -0.738 e. The Labute approximate surface area is 225 Å². The van der Waals surface area contributed by atoms with E-state index in [9.17, 15) is 9.90 Å². The third-order valence-corrected chi connectivity index (χ3v) is 4.71. The number of hydrogen-bond acceptors (Lipinski definition) is 8. The van der Waals surface area contributed by atoms with Gasteiger partial charge < -0.3 is 32.7 Å². The summed E-state index contributed by atoms with van der Waals surface area (Å²) in [6.45, 7) is 5.84. The molecule has 30 heavy (non-hydrogen) atoms. The third kappa shape index (κ3) is 6.40. The zero-order valence-corrected chi connectivity index (χ0v) is 22.6. The van der Waals surface area contributed by atoms with E-state index in [0.717, 1.165) is 22.5 Å². The summed E-state index contributed by atoms with van der Waals surface area (Å²) in [5.74, 6) is -1.14. The maximum Gasteiger partial charge on any atom is 1.00 e. The van der Waals surface area contributed by atoms with Gasteiger partial charge in [0, 0.05) is 16.5 Å². The van der Waals surface area contributed by atoms with Crippen molar-refractivity contribution in [2.75, 3.05) is 16.9 Å². The molecule has 0 aliphatic rings. The number of anilines is 2. The molecule has 1 atom stereocenters. The molecule has 1 N–H and O–H groups in total. The van der Waals surface area contributed by atoms with Crippen LogP contribution in [0.4, 0.5) is 11.4 Å². The number of hydrogen-bond donors (Lipinski definition) is 1. The van der Waals surface area contributed by atoms with Crippen molar-refractivity contribution in [3.05, 3.63) is 53.6 Å². The first-order valence-electron chi connectivity index (χ1n) is 8.71. The number of tetrazole rings is 1. The van der Waals surface area contributed by atoms with Crippen LogP contribution in [0.25, 0.3) is 5.69 Å². The average Bonchev–Trinajstić information content (AvgIpc) is 3.09. The normalized spacial score (nSPS) is 11.0. The Hall–Kier alpha value is -1.20.